The molecule has 1 fully saturated rings. The third kappa shape index (κ3) is 7.22. The molecule has 0 unspecified atom stereocenters. The summed E-state index contributed by atoms with van der Waals surface area (Å²) in [7, 11) is 0. The fraction of sp³-hybridized carbons (Fsp3) is 0.320. The normalized spacial score (nSPS) is 14.6. The van der Waals surface area contributed by atoms with E-state index in [0.717, 1.165) is 17.5 Å². The minimum atomic E-state index is -0.805. The van der Waals surface area contributed by atoms with Crippen molar-refractivity contribution in [2.75, 3.05) is 13.2 Å². The van der Waals surface area contributed by atoms with E-state index in [1.54, 1.807) is 11.0 Å². The van der Waals surface area contributed by atoms with Crippen molar-refractivity contribution in [2.24, 2.45) is 0 Å². The number of thioether (sulfide) groups is 1. The van der Waals surface area contributed by atoms with Crippen molar-refractivity contribution < 1.29 is 24.2 Å². The second kappa shape index (κ2) is 12.8. The van der Waals surface area contributed by atoms with Crippen molar-refractivity contribution in [3.63, 3.8) is 0 Å². The Morgan fingerprint density at radius 1 is 1.15 bits per heavy atom. The van der Waals surface area contributed by atoms with Crippen molar-refractivity contribution in [3.8, 4) is 11.5 Å². The van der Waals surface area contributed by atoms with Gasteiger partial charge in [-0.1, -0.05) is 66.3 Å². The molecule has 34 heavy (non-hydrogen) atoms. The SMILES string of the molecule is CCOc1cc(C=C2SC(=S)N(CCCCCC(=O)O)C2=O)ccc1OCc1ccccc1Cl. The highest BCUT2D eigenvalue weighted by Gasteiger charge is 2.31. The Labute approximate surface area is 213 Å². The van der Waals surface area contributed by atoms with Crippen LogP contribution in [0.4, 0.5) is 0 Å². The molecule has 1 amide bonds. The maximum absolute atomic E-state index is 12.8. The van der Waals surface area contributed by atoms with Crippen LogP contribution in [0.1, 0.15) is 43.7 Å². The van der Waals surface area contributed by atoms with Crippen molar-refractivity contribution in [2.45, 2.75) is 39.2 Å². The van der Waals surface area contributed by atoms with Crippen molar-refractivity contribution >= 4 is 57.9 Å². The molecule has 2 aromatic carbocycles. The number of carboxylic acids is 1. The summed E-state index contributed by atoms with van der Waals surface area (Å²) in [6.07, 6.45) is 3.96. The minimum Gasteiger partial charge on any atom is -0.490 e. The summed E-state index contributed by atoms with van der Waals surface area (Å²) in [5, 5.41) is 9.37. The first-order valence-electron chi connectivity index (χ1n) is 11.0. The monoisotopic (exact) mass is 519 g/mol. The summed E-state index contributed by atoms with van der Waals surface area (Å²) in [6.45, 7) is 3.16. The topological polar surface area (TPSA) is 76.1 Å². The number of carbonyl (C=O) groups excluding carboxylic acids is 1. The predicted octanol–water partition coefficient (Wildman–Crippen LogP) is 6.16. The van der Waals surface area contributed by atoms with Gasteiger partial charge in [0.1, 0.15) is 10.9 Å². The number of halogens is 1. The molecule has 1 saturated heterocycles. The molecule has 1 N–H and O–H groups in total. The van der Waals surface area contributed by atoms with Crippen molar-refractivity contribution in [1.82, 2.24) is 4.90 Å². The molecule has 0 aliphatic carbocycles. The Balaban J connectivity index is 1.66. The zero-order valence-corrected chi connectivity index (χ0v) is 21.2. The summed E-state index contributed by atoms with van der Waals surface area (Å²) >= 11 is 12.9. The Morgan fingerprint density at radius 3 is 2.68 bits per heavy atom. The van der Waals surface area contributed by atoms with E-state index in [-0.39, 0.29) is 12.3 Å². The average Bonchev–Trinajstić information content (AvgIpc) is 3.06. The number of ether oxygens (including phenoxy) is 2. The molecule has 1 heterocycles. The first kappa shape index (κ1) is 26.1. The molecule has 1 aliphatic rings. The maximum atomic E-state index is 12.8. The van der Waals surface area contributed by atoms with E-state index < -0.39 is 5.97 Å². The van der Waals surface area contributed by atoms with Gasteiger partial charge in [0.05, 0.1) is 11.5 Å². The summed E-state index contributed by atoms with van der Waals surface area (Å²) in [6, 6.07) is 13.0. The van der Waals surface area contributed by atoms with E-state index in [0.29, 0.717) is 58.3 Å². The number of thiocarbonyl (C=S) groups is 1. The van der Waals surface area contributed by atoms with Crippen LogP contribution in [0.2, 0.25) is 5.02 Å². The molecular weight excluding hydrogens is 494 g/mol. The van der Waals surface area contributed by atoms with Crippen molar-refractivity contribution in [3.05, 3.63) is 63.5 Å². The lowest BCUT2D eigenvalue weighted by molar-refractivity contribution is -0.137. The summed E-state index contributed by atoms with van der Waals surface area (Å²) in [5.74, 6) is 0.232. The largest absolute Gasteiger partial charge is 0.490 e. The molecular formula is C25H26ClNO5S2. The van der Waals surface area contributed by atoms with Crippen LogP contribution in [0.5, 0.6) is 11.5 Å². The number of unbranched alkanes of at least 4 members (excludes halogenated alkanes) is 2. The van der Waals surface area contributed by atoms with Gasteiger partial charge in [-0.25, -0.2) is 0 Å². The van der Waals surface area contributed by atoms with Crippen LogP contribution >= 0.6 is 35.6 Å². The summed E-state index contributed by atoms with van der Waals surface area (Å²) in [4.78, 5) is 25.6. The Bertz CT molecular complexity index is 1090. The first-order valence-corrected chi connectivity index (χ1v) is 12.6. The van der Waals surface area contributed by atoms with Gasteiger partial charge in [0, 0.05) is 23.6 Å². The summed E-state index contributed by atoms with van der Waals surface area (Å²) < 4.78 is 12.2. The van der Waals surface area contributed by atoms with Crippen LogP contribution < -0.4 is 9.47 Å². The van der Waals surface area contributed by atoms with E-state index >= 15 is 0 Å². The smallest absolute Gasteiger partial charge is 0.303 e. The van der Waals surface area contributed by atoms with Gasteiger partial charge < -0.3 is 14.6 Å². The van der Waals surface area contributed by atoms with Gasteiger partial charge in [-0.2, -0.15) is 0 Å². The molecule has 0 aromatic heterocycles. The number of carbonyl (C=O) groups is 2. The number of hydrogen-bond donors (Lipinski definition) is 1. The van der Waals surface area contributed by atoms with E-state index in [1.807, 2.05) is 49.4 Å². The van der Waals surface area contributed by atoms with Crippen LogP contribution in [-0.4, -0.2) is 39.4 Å². The Kier molecular flexibility index (Phi) is 9.80. The van der Waals surface area contributed by atoms with Crippen LogP contribution in [0.3, 0.4) is 0 Å². The predicted molar refractivity (Wildman–Crippen MR) is 139 cm³/mol. The van der Waals surface area contributed by atoms with Crippen LogP contribution in [-0.2, 0) is 16.2 Å². The Morgan fingerprint density at radius 2 is 1.94 bits per heavy atom. The Hall–Kier alpha value is -2.55. The number of benzene rings is 2. The lowest BCUT2D eigenvalue weighted by atomic mass is 10.1. The highest BCUT2D eigenvalue weighted by Crippen LogP contribution is 2.35. The molecule has 180 valence electrons. The average molecular weight is 520 g/mol. The zero-order valence-electron chi connectivity index (χ0n) is 18.8. The number of nitrogens with zero attached hydrogens (tertiary/aromatic N) is 1. The van der Waals surface area contributed by atoms with Gasteiger partial charge in [-0.3, -0.25) is 14.5 Å². The first-order chi connectivity index (χ1) is 16.4. The van der Waals surface area contributed by atoms with Gasteiger partial charge in [0.25, 0.3) is 5.91 Å². The number of carboxylic acid groups (broad SMARTS) is 1. The van der Waals surface area contributed by atoms with E-state index in [2.05, 4.69) is 0 Å². The van der Waals surface area contributed by atoms with E-state index in [4.69, 9.17) is 38.4 Å². The molecule has 2 aromatic rings. The molecule has 3 rings (SSSR count). The lowest BCUT2D eigenvalue weighted by Gasteiger charge is -2.14. The third-order valence-corrected chi connectivity index (χ3v) is 6.80. The highest BCUT2D eigenvalue weighted by atomic mass is 35.5. The molecule has 1 aliphatic heterocycles. The fourth-order valence-corrected chi connectivity index (χ4v) is 4.84. The fourth-order valence-electron chi connectivity index (χ4n) is 3.34. The maximum Gasteiger partial charge on any atom is 0.303 e. The van der Waals surface area contributed by atoms with E-state index in [9.17, 15) is 9.59 Å². The number of aliphatic carboxylic acids is 1. The van der Waals surface area contributed by atoms with Gasteiger partial charge in [-0.15, -0.1) is 0 Å². The molecule has 0 spiro atoms. The van der Waals surface area contributed by atoms with E-state index in [1.165, 1.54) is 11.8 Å². The summed E-state index contributed by atoms with van der Waals surface area (Å²) in [5.41, 5.74) is 1.68. The van der Waals surface area contributed by atoms with Crippen LogP contribution in [0, 0.1) is 0 Å². The molecule has 9 heteroatoms. The van der Waals surface area contributed by atoms with Gasteiger partial charge in [0.2, 0.25) is 0 Å². The molecule has 0 saturated carbocycles. The quantitative estimate of drug-likeness (QED) is 0.204. The van der Waals surface area contributed by atoms with Gasteiger partial charge >= 0.3 is 5.97 Å². The second-order valence-corrected chi connectivity index (χ2v) is 9.64. The number of hydrogen-bond acceptors (Lipinski definition) is 6. The van der Waals surface area contributed by atoms with Gasteiger partial charge in [0.15, 0.2) is 11.5 Å². The van der Waals surface area contributed by atoms with Crippen molar-refractivity contribution in [1.29, 1.82) is 0 Å². The molecule has 0 bridgehead atoms. The molecule has 6 nitrogen and oxygen atoms in total. The highest BCUT2D eigenvalue weighted by molar-refractivity contribution is 8.26. The van der Waals surface area contributed by atoms with Gasteiger partial charge in [-0.05, 0) is 49.6 Å². The molecule has 0 atom stereocenters. The zero-order chi connectivity index (χ0) is 24.5. The third-order valence-electron chi connectivity index (χ3n) is 5.05. The number of rotatable bonds is 12. The number of amides is 1. The lowest BCUT2D eigenvalue weighted by Crippen LogP contribution is -2.29. The standard InChI is InChI=1S/C25H26ClNO5S2/c1-2-31-21-14-17(11-12-20(21)32-16-18-8-5-6-9-19(18)26)15-22-24(30)27(25(33)34-22)13-7-3-4-10-23(28)29/h5-6,8-9,11-12,14-15H,2-4,7,10,13,16H2,1H3,(H,28,29). The minimum absolute atomic E-state index is 0.134. The van der Waals surface area contributed by atoms with Crippen LogP contribution in [0.15, 0.2) is 47.4 Å². The second-order valence-electron chi connectivity index (χ2n) is 7.56. The van der Waals surface area contributed by atoms with Crippen LogP contribution in [0.25, 0.3) is 6.08 Å². The molecule has 0 radical (unpaired) electrons.